The molecule has 4 heteroatoms. The second kappa shape index (κ2) is 4.51. The maximum absolute atomic E-state index is 11.6. The number of hydrogen-bond donors (Lipinski definition) is 1. The molecule has 0 saturated carbocycles. The van der Waals surface area contributed by atoms with Crippen LogP contribution in [-0.4, -0.2) is 17.6 Å². The van der Waals surface area contributed by atoms with Gasteiger partial charge in [-0.15, -0.1) is 0 Å². The van der Waals surface area contributed by atoms with Gasteiger partial charge in [-0.2, -0.15) is 0 Å². The van der Waals surface area contributed by atoms with E-state index in [2.05, 4.69) is 4.98 Å². The van der Waals surface area contributed by atoms with E-state index in [0.717, 1.165) is 24.1 Å². The Kier molecular flexibility index (Phi) is 3.08. The zero-order valence-corrected chi connectivity index (χ0v) is 9.29. The molecule has 4 nitrogen and oxygen atoms in total. The van der Waals surface area contributed by atoms with Gasteiger partial charge in [-0.25, -0.2) is 0 Å². The molecule has 0 aromatic carbocycles. The Morgan fingerprint density at radius 3 is 3.12 bits per heavy atom. The highest BCUT2D eigenvalue weighted by atomic mass is 16.5. The van der Waals surface area contributed by atoms with Crippen LogP contribution in [0.15, 0.2) is 16.9 Å². The third kappa shape index (κ3) is 2.15. The molecule has 1 aliphatic carbocycles. The molecular weight excluding hydrogens is 206 g/mol. The van der Waals surface area contributed by atoms with Gasteiger partial charge in [0.05, 0.1) is 12.5 Å². The third-order valence-electron chi connectivity index (χ3n) is 2.93. The summed E-state index contributed by atoms with van der Waals surface area (Å²) in [5.74, 6) is -0.183. The Labute approximate surface area is 93.6 Å². The summed E-state index contributed by atoms with van der Waals surface area (Å²) in [5.41, 5.74) is 1.95. The summed E-state index contributed by atoms with van der Waals surface area (Å²) in [4.78, 5) is 25.5. The zero-order valence-electron chi connectivity index (χ0n) is 9.29. The standard InChI is InChI=1S/C12H15NO3/c1-2-16-12(15)9-3-5-10-8(7-9)4-6-11(14)13-10/h4,6,9H,2-3,5,7H2,1H3,(H,13,14). The third-order valence-corrected chi connectivity index (χ3v) is 2.93. The summed E-state index contributed by atoms with van der Waals surface area (Å²) in [6.07, 6.45) is 2.17. The smallest absolute Gasteiger partial charge is 0.309 e. The molecule has 0 radical (unpaired) electrons. The molecular formula is C12H15NO3. The topological polar surface area (TPSA) is 59.2 Å². The second-order valence-corrected chi connectivity index (χ2v) is 4.02. The number of carbonyl (C=O) groups excluding carboxylic acids is 1. The van der Waals surface area contributed by atoms with Crippen molar-refractivity contribution in [3.63, 3.8) is 0 Å². The first kappa shape index (κ1) is 10.9. The first-order valence-electron chi connectivity index (χ1n) is 5.58. The SMILES string of the molecule is CCOC(=O)C1CCc2[nH]c(=O)ccc2C1. The van der Waals surface area contributed by atoms with Crippen molar-refractivity contribution in [1.82, 2.24) is 4.98 Å². The maximum atomic E-state index is 11.6. The van der Waals surface area contributed by atoms with Crippen LogP contribution in [0.4, 0.5) is 0 Å². The van der Waals surface area contributed by atoms with Gasteiger partial charge in [0.2, 0.25) is 5.56 Å². The molecule has 0 aliphatic heterocycles. The maximum Gasteiger partial charge on any atom is 0.309 e. The van der Waals surface area contributed by atoms with Crippen molar-refractivity contribution in [2.75, 3.05) is 6.61 Å². The lowest BCUT2D eigenvalue weighted by Gasteiger charge is -2.22. The highest BCUT2D eigenvalue weighted by Crippen LogP contribution is 2.24. The minimum Gasteiger partial charge on any atom is -0.466 e. The van der Waals surface area contributed by atoms with E-state index in [1.807, 2.05) is 6.92 Å². The van der Waals surface area contributed by atoms with Gasteiger partial charge in [-0.1, -0.05) is 6.07 Å². The van der Waals surface area contributed by atoms with Gasteiger partial charge in [0.25, 0.3) is 0 Å². The Morgan fingerprint density at radius 1 is 1.56 bits per heavy atom. The molecule has 0 spiro atoms. The van der Waals surface area contributed by atoms with Gasteiger partial charge in [0, 0.05) is 11.8 Å². The number of aromatic nitrogens is 1. The lowest BCUT2D eigenvalue weighted by molar-refractivity contribution is -0.148. The number of aromatic amines is 1. The highest BCUT2D eigenvalue weighted by Gasteiger charge is 2.25. The predicted molar refractivity (Wildman–Crippen MR) is 59.2 cm³/mol. The fraction of sp³-hybridized carbons (Fsp3) is 0.500. The Hall–Kier alpha value is -1.58. The molecule has 1 aliphatic rings. The van der Waals surface area contributed by atoms with E-state index >= 15 is 0 Å². The Bertz CT molecular complexity index is 450. The zero-order chi connectivity index (χ0) is 11.5. The van der Waals surface area contributed by atoms with E-state index in [-0.39, 0.29) is 17.4 Å². The quantitative estimate of drug-likeness (QED) is 0.759. The molecule has 1 aromatic rings. The number of fused-ring (bicyclic) bond motifs is 1. The van der Waals surface area contributed by atoms with E-state index in [9.17, 15) is 9.59 Å². The van der Waals surface area contributed by atoms with E-state index in [1.54, 1.807) is 6.07 Å². The minimum absolute atomic E-state index is 0.0571. The van der Waals surface area contributed by atoms with Crippen molar-refractivity contribution in [3.05, 3.63) is 33.7 Å². The number of rotatable bonds is 2. The fourth-order valence-corrected chi connectivity index (χ4v) is 2.11. The van der Waals surface area contributed by atoms with Crippen LogP contribution in [0.1, 0.15) is 24.6 Å². The summed E-state index contributed by atoms with van der Waals surface area (Å²) in [6, 6.07) is 3.31. The van der Waals surface area contributed by atoms with Gasteiger partial charge < -0.3 is 9.72 Å². The number of ether oxygens (including phenoxy) is 1. The van der Waals surface area contributed by atoms with Crippen LogP contribution in [0.5, 0.6) is 0 Å². The van der Waals surface area contributed by atoms with Crippen LogP contribution in [0, 0.1) is 5.92 Å². The number of pyridine rings is 1. The van der Waals surface area contributed by atoms with Crippen molar-refractivity contribution in [2.45, 2.75) is 26.2 Å². The fourth-order valence-electron chi connectivity index (χ4n) is 2.11. The van der Waals surface area contributed by atoms with Gasteiger partial charge in [0.15, 0.2) is 0 Å². The van der Waals surface area contributed by atoms with Crippen LogP contribution in [0.25, 0.3) is 0 Å². The summed E-state index contributed by atoms with van der Waals surface area (Å²) < 4.78 is 5.01. The molecule has 0 bridgehead atoms. The molecule has 0 saturated heterocycles. The molecule has 1 aromatic heterocycles. The first-order valence-corrected chi connectivity index (χ1v) is 5.58. The second-order valence-electron chi connectivity index (χ2n) is 4.02. The van der Waals surface area contributed by atoms with Crippen molar-refractivity contribution in [2.24, 2.45) is 5.92 Å². The summed E-state index contributed by atoms with van der Waals surface area (Å²) in [6.45, 7) is 2.24. The lowest BCUT2D eigenvalue weighted by atomic mass is 9.87. The molecule has 16 heavy (non-hydrogen) atoms. The summed E-state index contributed by atoms with van der Waals surface area (Å²) >= 11 is 0. The van der Waals surface area contributed by atoms with Gasteiger partial charge in [-0.05, 0) is 31.7 Å². The molecule has 1 atom stereocenters. The average molecular weight is 221 g/mol. The van der Waals surface area contributed by atoms with Crippen LogP contribution < -0.4 is 5.56 Å². The minimum atomic E-state index is -0.126. The molecule has 0 amide bonds. The molecule has 1 unspecified atom stereocenters. The lowest BCUT2D eigenvalue weighted by Crippen LogP contribution is -2.26. The first-order chi connectivity index (χ1) is 7.70. The summed E-state index contributed by atoms with van der Waals surface area (Å²) in [7, 11) is 0. The summed E-state index contributed by atoms with van der Waals surface area (Å²) in [5, 5.41) is 0. The van der Waals surface area contributed by atoms with Gasteiger partial charge in [0.1, 0.15) is 0 Å². The predicted octanol–water partition coefficient (Wildman–Crippen LogP) is 1.04. The van der Waals surface area contributed by atoms with Crippen LogP contribution in [0.3, 0.4) is 0 Å². The number of hydrogen-bond acceptors (Lipinski definition) is 3. The van der Waals surface area contributed by atoms with Crippen LogP contribution >= 0.6 is 0 Å². The molecule has 1 heterocycles. The Morgan fingerprint density at radius 2 is 2.38 bits per heavy atom. The molecule has 1 N–H and O–H groups in total. The number of H-pyrrole nitrogens is 1. The number of esters is 1. The van der Waals surface area contributed by atoms with E-state index in [1.165, 1.54) is 6.07 Å². The normalized spacial score (nSPS) is 18.9. The highest BCUT2D eigenvalue weighted by molar-refractivity contribution is 5.73. The number of carbonyl (C=O) groups is 1. The van der Waals surface area contributed by atoms with Crippen molar-refractivity contribution >= 4 is 5.97 Å². The van der Waals surface area contributed by atoms with E-state index in [4.69, 9.17) is 4.74 Å². The average Bonchev–Trinajstić information content (AvgIpc) is 2.28. The van der Waals surface area contributed by atoms with Crippen LogP contribution in [-0.2, 0) is 22.4 Å². The molecule has 2 rings (SSSR count). The van der Waals surface area contributed by atoms with E-state index < -0.39 is 0 Å². The van der Waals surface area contributed by atoms with Gasteiger partial charge in [-0.3, -0.25) is 9.59 Å². The van der Waals surface area contributed by atoms with Gasteiger partial charge >= 0.3 is 5.97 Å². The van der Waals surface area contributed by atoms with Crippen molar-refractivity contribution in [3.8, 4) is 0 Å². The molecule has 0 fully saturated rings. The van der Waals surface area contributed by atoms with Crippen LogP contribution in [0.2, 0.25) is 0 Å². The van der Waals surface area contributed by atoms with E-state index in [0.29, 0.717) is 13.0 Å². The molecule has 86 valence electrons. The van der Waals surface area contributed by atoms with Crippen molar-refractivity contribution < 1.29 is 9.53 Å². The monoisotopic (exact) mass is 221 g/mol. The number of aryl methyl sites for hydroxylation is 1. The largest absolute Gasteiger partial charge is 0.466 e. The Balaban J connectivity index is 2.15. The number of nitrogens with one attached hydrogen (secondary N) is 1. The van der Waals surface area contributed by atoms with Crippen molar-refractivity contribution in [1.29, 1.82) is 0 Å².